The van der Waals surface area contributed by atoms with Gasteiger partial charge in [0.2, 0.25) is 0 Å². The lowest BCUT2D eigenvalue weighted by Gasteiger charge is -2.37. The van der Waals surface area contributed by atoms with Gasteiger partial charge in [0.05, 0.1) is 0 Å². The summed E-state index contributed by atoms with van der Waals surface area (Å²) in [6.45, 7) is 5.43. The Morgan fingerprint density at radius 3 is 3.11 bits per heavy atom. The number of hydrogen-bond acceptors (Lipinski definition) is 4. The van der Waals surface area contributed by atoms with Crippen LogP contribution in [0.4, 0.5) is 0 Å². The minimum absolute atomic E-state index is 0.0389. The zero-order chi connectivity index (χ0) is 13.1. The molecule has 5 nitrogen and oxygen atoms in total. The van der Waals surface area contributed by atoms with Crippen molar-refractivity contribution in [1.82, 2.24) is 9.88 Å². The van der Waals surface area contributed by atoms with Gasteiger partial charge in [-0.3, -0.25) is 4.79 Å². The Bertz CT molecular complexity index is 416. The molecule has 1 saturated heterocycles. The van der Waals surface area contributed by atoms with Crippen molar-refractivity contribution in [3.63, 3.8) is 0 Å². The summed E-state index contributed by atoms with van der Waals surface area (Å²) < 4.78 is 5.23. The predicted molar refractivity (Wildman–Crippen MR) is 68.2 cm³/mol. The summed E-state index contributed by atoms with van der Waals surface area (Å²) in [5.74, 6) is 1.25. The van der Waals surface area contributed by atoms with E-state index in [1.54, 1.807) is 0 Å². The van der Waals surface area contributed by atoms with Crippen LogP contribution in [0.1, 0.15) is 42.9 Å². The number of carbonyl (C=O) groups excluding carboxylic acids is 1. The third-order valence-corrected chi connectivity index (χ3v) is 3.68. The molecule has 1 fully saturated rings. The lowest BCUT2D eigenvalue weighted by atomic mass is 9.92. The van der Waals surface area contributed by atoms with E-state index in [4.69, 9.17) is 10.2 Å². The average Bonchev–Trinajstić information content (AvgIpc) is 2.86. The highest BCUT2D eigenvalue weighted by Gasteiger charge is 2.31. The molecule has 1 aromatic heterocycles. The highest BCUT2D eigenvalue weighted by Crippen LogP contribution is 2.24. The summed E-state index contributed by atoms with van der Waals surface area (Å²) in [5.41, 5.74) is 6.23. The van der Waals surface area contributed by atoms with Crippen molar-refractivity contribution >= 4 is 5.91 Å². The van der Waals surface area contributed by atoms with Gasteiger partial charge in [-0.15, -0.1) is 0 Å². The molecule has 2 heterocycles. The fourth-order valence-electron chi connectivity index (χ4n) is 2.57. The van der Waals surface area contributed by atoms with E-state index in [0.29, 0.717) is 30.3 Å². The van der Waals surface area contributed by atoms with Gasteiger partial charge in [0.25, 0.3) is 5.91 Å². The zero-order valence-electron chi connectivity index (χ0n) is 11.1. The smallest absolute Gasteiger partial charge is 0.276 e. The van der Waals surface area contributed by atoms with Gasteiger partial charge >= 0.3 is 0 Å². The van der Waals surface area contributed by atoms with Gasteiger partial charge in [0.1, 0.15) is 5.76 Å². The van der Waals surface area contributed by atoms with Gasteiger partial charge in [-0.1, -0.05) is 13.8 Å². The van der Waals surface area contributed by atoms with E-state index in [9.17, 15) is 4.79 Å². The quantitative estimate of drug-likeness (QED) is 0.882. The second kappa shape index (κ2) is 5.52. The zero-order valence-corrected chi connectivity index (χ0v) is 11.1. The summed E-state index contributed by atoms with van der Waals surface area (Å²) >= 11 is 0. The SMILES string of the molecule is CCc1ocnc1C(=O)N1CCC(C)CC1CN. The first-order valence-electron chi connectivity index (χ1n) is 6.60. The third kappa shape index (κ3) is 2.41. The van der Waals surface area contributed by atoms with Gasteiger partial charge in [0.15, 0.2) is 12.1 Å². The molecule has 18 heavy (non-hydrogen) atoms. The summed E-state index contributed by atoms with van der Waals surface area (Å²) in [6, 6.07) is 0.127. The van der Waals surface area contributed by atoms with E-state index in [0.717, 1.165) is 19.4 Å². The Morgan fingerprint density at radius 1 is 1.67 bits per heavy atom. The summed E-state index contributed by atoms with van der Waals surface area (Å²) in [4.78, 5) is 18.4. The number of piperidine rings is 1. The molecule has 0 spiro atoms. The molecule has 0 saturated carbocycles. The highest BCUT2D eigenvalue weighted by molar-refractivity contribution is 5.93. The molecule has 0 radical (unpaired) electrons. The van der Waals surface area contributed by atoms with Crippen molar-refractivity contribution in [2.24, 2.45) is 11.7 Å². The Kier molecular flexibility index (Phi) is 4.01. The van der Waals surface area contributed by atoms with E-state index < -0.39 is 0 Å². The minimum Gasteiger partial charge on any atom is -0.448 e. The lowest BCUT2D eigenvalue weighted by Crippen LogP contribution is -2.49. The maximum Gasteiger partial charge on any atom is 0.276 e. The molecule has 1 aromatic rings. The van der Waals surface area contributed by atoms with Gasteiger partial charge < -0.3 is 15.1 Å². The van der Waals surface area contributed by atoms with Gasteiger partial charge in [-0.2, -0.15) is 0 Å². The Hall–Kier alpha value is -1.36. The van der Waals surface area contributed by atoms with Crippen LogP contribution in [0.2, 0.25) is 0 Å². The van der Waals surface area contributed by atoms with Crippen LogP contribution in [0, 0.1) is 5.92 Å². The first kappa shape index (κ1) is 13.1. The van der Waals surface area contributed by atoms with Crippen molar-refractivity contribution in [3.05, 3.63) is 17.8 Å². The number of carbonyl (C=O) groups is 1. The van der Waals surface area contributed by atoms with Crippen LogP contribution in [0.15, 0.2) is 10.8 Å². The van der Waals surface area contributed by atoms with Crippen molar-refractivity contribution in [2.75, 3.05) is 13.1 Å². The Morgan fingerprint density at radius 2 is 2.44 bits per heavy atom. The number of nitrogens with zero attached hydrogens (tertiary/aromatic N) is 2. The summed E-state index contributed by atoms with van der Waals surface area (Å²) in [6.07, 6.45) is 4.03. The molecule has 2 N–H and O–H groups in total. The Balaban J connectivity index is 2.17. The maximum atomic E-state index is 12.5. The van der Waals surface area contributed by atoms with Crippen LogP contribution >= 0.6 is 0 Å². The van der Waals surface area contributed by atoms with Crippen molar-refractivity contribution < 1.29 is 9.21 Å². The number of amides is 1. The number of likely N-dealkylation sites (tertiary alicyclic amines) is 1. The first-order chi connectivity index (χ1) is 8.67. The van der Waals surface area contributed by atoms with Gasteiger partial charge in [-0.05, 0) is 18.8 Å². The fraction of sp³-hybridized carbons (Fsp3) is 0.692. The molecule has 0 bridgehead atoms. The van der Waals surface area contributed by atoms with Crippen LogP contribution in [0.25, 0.3) is 0 Å². The van der Waals surface area contributed by atoms with E-state index in [1.807, 2.05) is 11.8 Å². The van der Waals surface area contributed by atoms with E-state index in [1.165, 1.54) is 6.39 Å². The Labute approximate surface area is 107 Å². The third-order valence-electron chi connectivity index (χ3n) is 3.68. The van der Waals surface area contributed by atoms with E-state index >= 15 is 0 Å². The lowest BCUT2D eigenvalue weighted by molar-refractivity contribution is 0.0566. The molecular formula is C13H21N3O2. The molecule has 1 amide bonds. The molecule has 1 aliphatic heterocycles. The monoisotopic (exact) mass is 251 g/mol. The molecule has 2 atom stereocenters. The number of rotatable bonds is 3. The molecule has 5 heteroatoms. The maximum absolute atomic E-state index is 12.5. The topological polar surface area (TPSA) is 72.4 Å². The normalized spacial score (nSPS) is 24.3. The first-order valence-corrected chi connectivity index (χ1v) is 6.60. The van der Waals surface area contributed by atoms with Crippen molar-refractivity contribution in [1.29, 1.82) is 0 Å². The van der Waals surface area contributed by atoms with E-state index in [-0.39, 0.29) is 11.9 Å². The van der Waals surface area contributed by atoms with Crippen LogP contribution in [0.5, 0.6) is 0 Å². The standard InChI is InChI=1S/C13H21N3O2/c1-3-11-12(15-8-18-11)13(17)16-5-4-9(2)6-10(16)7-14/h8-10H,3-7,14H2,1-2H3. The number of oxazole rings is 1. The van der Waals surface area contributed by atoms with Crippen LogP contribution in [-0.4, -0.2) is 34.9 Å². The largest absolute Gasteiger partial charge is 0.448 e. The minimum atomic E-state index is -0.0389. The molecule has 0 aliphatic carbocycles. The summed E-state index contributed by atoms with van der Waals surface area (Å²) in [5, 5.41) is 0. The van der Waals surface area contributed by atoms with Crippen molar-refractivity contribution in [2.45, 2.75) is 39.2 Å². The molecular weight excluding hydrogens is 230 g/mol. The number of aryl methyl sites for hydroxylation is 1. The number of nitrogens with two attached hydrogens (primary N) is 1. The highest BCUT2D eigenvalue weighted by atomic mass is 16.3. The van der Waals surface area contributed by atoms with Gasteiger partial charge in [0, 0.05) is 25.6 Å². The summed E-state index contributed by atoms with van der Waals surface area (Å²) in [7, 11) is 0. The van der Waals surface area contributed by atoms with Crippen LogP contribution in [-0.2, 0) is 6.42 Å². The molecule has 1 aliphatic rings. The van der Waals surface area contributed by atoms with E-state index in [2.05, 4.69) is 11.9 Å². The molecule has 100 valence electrons. The van der Waals surface area contributed by atoms with Crippen LogP contribution < -0.4 is 5.73 Å². The number of hydrogen-bond donors (Lipinski definition) is 1. The predicted octanol–water partition coefficient (Wildman–Crippen LogP) is 1.44. The molecule has 2 rings (SSSR count). The second-order valence-electron chi connectivity index (χ2n) is 5.00. The van der Waals surface area contributed by atoms with Crippen LogP contribution in [0.3, 0.4) is 0 Å². The fourth-order valence-corrected chi connectivity index (χ4v) is 2.57. The van der Waals surface area contributed by atoms with Crippen molar-refractivity contribution in [3.8, 4) is 0 Å². The number of aromatic nitrogens is 1. The second-order valence-corrected chi connectivity index (χ2v) is 5.00. The average molecular weight is 251 g/mol. The van der Waals surface area contributed by atoms with Gasteiger partial charge in [-0.25, -0.2) is 4.98 Å². The molecule has 0 aromatic carbocycles. The molecule has 2 unspecified atom stereocenters.